The van der Waals surface area contributed by atoms with Crippen molar-refractivity contribution >= 4 is 45.6 Å². The van der Waals surface area contributed by atoms with Crippen molar-refractivity contribution in [1.29, 1.82) is 0 Å². The van der Waals surface area contributed by atoms with Crippen molar-refractivity contribution in [1.82, 2.24) is 4.98 Å². The van der Waals surface area contributed by atoms with Crippen molar-refractivity contribution in [3.8, 4) is 11.3 Å². The Bertz CT molecular complexity index is 853. The molecule has 4 nitrogen and oxygen atoms in total. The maximum absolute atomic E-state index is 12.3. The van der Waals surface area contributed by atoms with E-state index in [0.29, 0.717) is 22.5 Å². The van der Waals surface area contributed by atoms with E-state index in [2.05, 4.69) is 39.5 Å². The lowest BCUT2D eigenvalue weighted by molar-refractivity contribution is -0.146. The lowest BCUT2D eigenvalue weighted by Crippen LogP contribution is -2.37. The summed E-state index contributed by atoms with van der Waals surface area (Å²) in [4.78, 5) is 20.8. The van der Waals surface area contributed by atoms with Gasteiger partial charge in [0.05, 0.1) is 28.8 Å². The molecular formula is C27H44Cl2N2O2S. The number of hydrogen-bond acceptors (Lipinski definition) is 5. The Morgan fingerprint density at radius 2 is 1.71 bits per heavy atom. The van der Waals surface area contributed by atoms with Gasteiger partial charge in [0, 0.05) is 23.5 Å². The number of methoxy groups -OCH3 is 1. The number of rotatable bonds is 10. The van der Waals surface area contributed by atoms with Gasteiger partial charge in [-0.25, -0.2) is 4.98 Å². The highest BCUT2D eigenvalue weighted by atomic mass is 35.5. The molecule has 0 bridgehead atoms. The van der Waals surface area contributed by atoms with Gasteiger partial charge in [-0.2, -0.15) is 0 Å². The van der Waals surface area contributed by atoms with Crippen LogP contribution in [0.3, 0.4) is 0 Å². The molecule has 1 unspecified atom stereocenters. The number of anilines is 1. The van der Waals surface area contributed by atoms with Gasteiger partial charge in [-0.3, -0.25) is 4.79 Å². The smallest absolute Gasteiger partial charge is 0.310 e. The Morgan fingerprint density at radius 3 is 2.18 bits per heavy atom. The number of thiazole rings is 1. The molecule has 1 aromatic carbocycles. The average Bonchev–Trinajstić information content (AvgIpc) is 3.23. The number of benzene rings is 1. The van der Waals surface area contributed by atoms with Crippen LogP contribution >= 0.6 is 34.5 Å². The number of ether oxygens (including phenoxy) is 1. The van der Waals surface area contributed by atoms with Crippen LogP contribution in [0.4, 0.5) is 5.13 Å². The van der Waals surface area contributed by atoms with Gasteiger partial charge in [0.25, 0.3) is 0 Å². The first-order valence-corrected chi connectivity index (χ1v) is 14.0. The number of carbonyl (C=O) groups excluding carboxylic acids is 1. The zero-order valence-corrected chi connectivity index (χ0v) is 25.0. The number of aromatic nitrogens is 1. The Labute approximate surface area is 222 Å². The zero-order valence-electron chi connectivity index (χ0n) is 22.7. The minimum Gasteiger partial charge on any atom is -0.469 e. The molecule has 1 aromatic heterocycles. The lowest BCUT2D eigenvalue weighted by atomic mass is 9.95. The van der Waals surface area contributed by atoms with E-state index in [-0.39, 0.29) is 17.8 Å². The number of nitrogens with zero attached hydrogens (tertiary/aromatic N) is 2. The minimum absolute atomic E-state index is 0.172. The summed E-state index contributed by atoms with van der Waals surface area (Å²) >= 11 is 14.1. The maximum atomic E-state index is 12.3. The van der Waals surface area contributed by atoms with Crippen LogP contribution in [0.25, 0.3) is 11.3 Å². The molecule has 194 valence electrons. The molecule has 0 amide bonds. The Morgan fingerprint density at radius 1 is 1.09 bits per heavy atom. The number of carbonyl (C=O) groups is 1. The van der Waals surface area contributed by atoms with E-state index >= 15 is 0 Å². The zero-order chi connectivity index (χ0) is 26.4. The van der Waals surface area contributed by atoms with Crippen molar-refractivity contribution in [2.75, 3.05) is 25.1 Å². The van der Waals surface area contributed by atoms with E-state index in [0.717, 1.165) is 35.8 Å². The standard InChI is InChI=1S/C23H32Cl2N2O2S.2C2H6/c1-7-10-27(13-17(15(4)5)22(28)29-6)23-26-21(20(30-23)11-14(2)3)16-8-9-18(24)19(25)12-16;2*1-2/h8-9,12,14-15,17H,7,10-11,13H2,1-6H3;2*1-2H3. The molecule has 0 fully saturated rings. The molecule has 0 saturated heterocycles. The monoisotopic (exact) mass is 530 g/mol. The Balaban J connectivity index is 0.00000258. The van der Waals surface area contributed by atoms with Gasteiger partial charge in [-0.05, 0) is 36.8 Å². The number of halogens is 2. The van der Waals surface area contributed by atoms with Crippen molar-refractivity contribution in [3.05, 3.63) is 33.1 Å². The molecule has 34 heavy (non-hydrogen) atoms. The third-order valence-electron chi connectivity index (χ3n) is 4.96. The quantitative estimate of drug-likeness (QED) is 0.287. The molecule has 0 aliphatic heterocycles. The lowest BCUT2D eigenvalue weighted by Gasteiger charge is -2.27. The van der Waals surface area contributed by atoms with Gasteiger partial charge in [0.15, 0.2) is 5.13 Å². The third kappa shape index (κ3) is 9.75. The maximum Gasteiger partial charge on any atom is 0.310 e. The summed E-state index contributed by atoms with van der Waals surface area (Å²) in [5.74, 6) is 0.307. The Hall–Kier alpha value is -1.30. The van der Waals surface area contributed by atoms with Crippen LogP contribution in [0.15, 0.2) is 18.2 Å². The highest BCUT2D eigenvalue weighted by Crippen LogP contribution is 2.37. The first-order valence-electron chi connectivity index (χ1n) is 12.5. The molecule has 0 aliphatic rings. The van der Waals surface area contributed by atoms with Crippen molar-refractivity contribution in [2.24, 2.45) is 17.8 Å². The minimum atomic E-state index is -0.201. The van der Waals surface area contributed by atoms with E-state index < -0.39 is 0 Å². The van der Waals surface area contributed by atoms with E-state index in [1.165, 1.54) is 12.0 Å². The molecule has 2 aromatic rings. The van der Waals surface area contributed by atoms with Crippen LogP contribution < -0.4 is 4.90 Å². The molecule has 0 spiro atoms. The van der Waals surface area contributed by atoms with Gasteiger partial charge in [0.1, 0.15) is 0 Å². The predicted molar refractivity (Wildman–Crippen MR) is 152 cm³/mol. The number of hydrogen-bond donors (Lipinski definition) is 0. The van der Waals surface area contributed by atoms with Gasteiger partial charge < -0.3 is 9.64 Å². The summed E-state index contributed by atoms with van der Waals surface area (Å²) < 4.78 is 5.05. The first kappa shape index (κ1) is 32.7. The molecule has 0 radical (unpaired) electrons. The van der Waals surface area contributed by atoms with Crippen LogP contribution in [-0.2, 0) is 16.0 Å². The van der Waals surface area contributed by atoms with Crippen LogP contribution in [0.1, 0.15) is 73.6 Å². The third-order valence-corrected chi connectivity index (χ3v) is 6.84. The van der Waals surface area contributed by atoms with Crippen molar-refractivity contribution in [2.45, 2.75) is 75.2 Å². The molecule has 1 atom stereocenters. The highest BCUT2D eigenvalue weighted by molar-refractivity contribution is 7.16. The van der Waals surface area contributed by atoms with E-state index in [1.807, 2.05) is 45.9 Å². The summed E-state index contributed by atoms with van der Waals surface area (Å²) in [5.41, 5.74) is 1.91. The van der Waals surface area contributed by atoms with Crippen LogP contribution in [0.5, 0.6) is 0 Å². The fourth-order valence-electron chi connectivity index (χ4n) is 3.33. The van der Waals surface area contributed by atoms with E-state index in [9.17, 15) is 4.79 Å². The van der Waals surface area contributed by atoms with Crippen molar-refractivity contribution < 1.29 is 9.53 Å². The van der Waals surface area contributed by atoms with Crippen molar-refractivity contribution in [3.63, 3.8) is 0 Å². The second-order valence-electron chi connectivity index (χ2n) is 8.31. The summed E-state index contributed by atoms with van der Waals surface area (Å²) in [6.45, 7) is 20.1. The van der Waals surface area contributed by atoms with Gasteiger partial charge in [-0.1, -0.05) is 91.6 Å². The largest absolute Gasteiger partial charge is 0.469 e. The van der Waals surface area contributed by atoms with E-state index in [4.69, 9.17) is 32.9 Å². The van der Waals surface area contributed by atoms with E-state index in [1.54, 1.807) is 11.3 Å². The first-order chi connectivity index (χ1) is 16.2. The van der Waals surface area contributed by atoms with Crippen LogP contribution in [0.2, 0.25) is 10.0 Å². The second-order valence-corrected chi connectivity index (χ2v) is 10.2. The summed E-state index contributed by atoms with van der Waals surface area (Å²) in [6.07, 6.45) is 1.89. The molecular weight excluding hydrogens is 487 g/mol. The predicted octanol–water partition coefficient (Wildman–Crippen LogP) is 9.03. The van der Waals surface area contributed by atoms with Crippen LogP contribution in [-0.4, -0.2) is 31.2 Å². The molecule has 2 rings (SSSR count). The average molecular weight is 532 g/mol. The van der Waals surface area contributed by atoms with Gasteiger partial charge >= 0.3 is 5.97 Å². The fraction of sp³-hybridized carbons (Fsp3) is 0.630. The molecule has 0 N–H and O–H groups in total. The summed E-state index contributed by atoms with van der Waals surface area (Å²) in [6, 6.07) is 5.65. The topological polar surface area (TPSA) is 42.4 Å². The van der Waals surface area contributed by atoms with Crippen LogP contribution in [0, 0.1) is 17.8 Å². The fourth-order valence-corrected chi connectivity index (χ4v) is 4.96. The summed E-state index contributed by atoms with van der Waals surface area (Å²) in [7, 11) is 1.45. The second kappa shape index (κ2) is 17.2. The van der Waals surface area contributed by atoms with Gasteiger partial charge in [-0.15, -0.1) is 11.3 Å². The highest BCUT2D eigenvalue weighted by Gasteiger charge is 2.28. The summed E-state index contributed by atoms with van der Waals surface area (Å²) in [5, 5.41) is 1.99. The van der Waals surface area contributed by atoms with Gasteiger partial charge in [0.2, 0.25) is 0 Å². The molecule has 1 heterocycles. The molecule has 0 saturated carbocycles. The SMILES string of the molecule is CC.CC.CCCN(CC(C(=O)OC)C(C)C)c1nc(-c2ccc(Cl)c(Cl)c2)c(CC(C)C)s1. The molecule has 0 aliphatic carbocycles. The number of esters is 1. The molecule has 7 heteroatoms. The normalized spacial score (nSPS) is 11.4. The Kier molecular flexibility index (Phi) is 16.5.